The summed E-state index contributed by atoms with van der Waals surface area (Å²) in [6.45, 7) is 4.98. The van der Waals surface area contributed by atoms with Gasteiger partial charge in [-0.25, -0.2) is 0 Å². The van der Waals surface area contributed by atoms with E-state index in [1.54, 1.807) is 0 Å². The van der Waals surface area contributed by atoms with Gasteiger partial charge in [0.05, 0.1) is 0 Å². The van der Waals surface area contributed by atoms with E-state index in [1.165, 1.54) is 24.2 Å². The van der Waals surface area contributed by atoms with Crippen LogP contribution in [0.1, 0.15) is 65.2 Å². The van der Waals surface area contributed by atoms with Crippen molar-refractivity contribution in [1.29, 1.82) is 0 Å². The average molecular weight is 296 g/mol. The first-order valence-electron chi connectivity index (χ1n) is 8.21. The molecule has 21 heavy (non-hydrogen) atoms. The molecule has 1 atom stereocenters. The van der Waals surface area contributed by atoms with Gasteiger partial charge < -0.3 is 5.32 Å². The first-order valence-corrected chi connectivity index (χ1v) is 8.21. The van der Waals surface area contributed by atoms with Gasteiger partial charge in [0.2, 0.25) is 17.7 Å². The number of hydrogen-bond donors (Lipinski definition) is 1. The number of nitrogens with zero attached hydrogens (tertiary/aromatic N) is 1. The van der Waals surface area contributed by atoms with Crippen molar-refractivity contribution >= 4 is 17.7 Å². The van der Waals surface area contributed by atoms with Crippen LogP contribution in [-0.2, 0) is 14.4 Å². The molecule has 5 heteroatoms. The number of hydrogen-bond acceptors (Lipinski definition) is 3. The van der Waals surface area contributed by atoms with E-state index in [4.69, 9.17) is 0 Å². The highest BCUT2D eigenvalue weighted by atomic mass is 16.2. The molecule has 0 spiro atoms. The van der Waals surface area contributed by atoms with Crippen LogP contribution in [0.2, 0.25) is 0 Å². The number of rotatable bonds is 10. The topological polar surface area (TPSA) is 66.5 Å². The predicted octanol–water partition coefficient (Wildman–Crippen LogP) is 2.25. The number of amides is 3. The molecule has 0 aromatic heterocycles. The van der Waals surface area contributed by atoms with Gasteiger partial charge in [0.1, 0.15) is 0 Å². The summed E-state index contributed by atoms with van der Waals surface area (Å²) in [6, 6.07) is 0. The summed E-state index contributed by atoms with van der Waals surface area (Å²) in [5, 5.41) is 2.85. The van der Waals surface area contributed by atoms with Gasteiger partial charge in [-0.05, 0) is 12.8 Å². The average Bonchev–Trinajstić information content (AvgIpc) is 2.75. The Hall–Kier alpha value is -1.39. The highest BCUT2D eigenvalue weighted by molar-refractivity contribution is 6.03. The standard InChI is InChI=1S/C16H28N2O3/c1-3-5-6-7-8-10-17-14(19)9-11-18-15(20)12-13(4-2)16(18)21/h13H,3-12H2,1-2H3,(H,17,19). The third kappa shape index (κ3) is 5.86. The zero-order valence-electron chi connectivity index (χ0n) is 13.3. The van der Waals surface area contributed by atoms with E-state index in [9.17, 15) is 14.4 Å². The molecule has 120 valence electrons. The lowest BCUT2D eigenvalue weighted by molar-refractivity contribution is -0.139. The van der Waals surface area contributed by atoms with Gasteiger partial charge in [0.15, 0.2) is 0 Å². The van der Waals surface area contributed by atoms with Crippen LogP contribution in [0.3, 0.4) is 0 Å². The van der Waals surface area contributed by atoms with Crippen LogP contribution in [0.15, 0.2) is 0 Å². The highest BCUT2D eigenvalue weighted by Crippen LogP contribution is 2.22. The van der Waals surface area contributed by atoms with Crippen molar-refractivity contribution < 1.29 is 14.4 Å². The summed E-state index contributed by atoms with van der Waals surface area (Å²) in [5.41, 5.74) is 0. The molecular formula is C16H28N2O3. The molecule has 1 heterocycles. The van der Waals surface area contributed by atoms with E-state index < -0.39 is 0 Å². The van der Waals surface area contributed by atoms with Crippen molar-refractivity contribution in [3.63, 3.8) is 0 Å². The van der Waals surface area contributed by atoms with Crippen LogP contribution in [0.4, 0.5) is 0 Å². The van der Waals surface area contributed by atoms with Crippen LogP contribution in [0.25, 0.3) is 0 Å². The monoisotopic (exact) mass is 296 g/mol. The van der Waals surface area contributed by atoms with Crippen molar-refractivity contribution in [3.05, 3.63) is 0 Å². The van der Waals surface area contributed by atoms with Crippen molar-refractivity contribution in [2.24, 2.45) is 5.92 Å². The smallest absolute Gasteiger partial charge is 0.232 e. The second kappa shape index (κ2) is 9.53. The quantitative estimate of drug-likeness (QED) is 0.496. The Kier molecular flexibility index (Phi) is 8.01. The van der Waals surface area contributed by atoms with Crippen LogP contribution in [0, 0.1) is 5.92 Å². The molecule has 0 radical (unpaired) electrons. The summed E-state index contributed by atoms with van der Waals surface area (Å²) in [4.78, 5) is 36.5. The minimum atomic E-state index is -0.181. The number of carbonyl (C=O) groups excluding carboxylic acids is 3. The molecule has 1 aliphatic heterocycles. The summed E-state index contributed by atoms with van der Waals surface area (Å²) in [5.74, 6) is -0.515. The predicted molar refractivity (Wildman–Crippen MR) is 81.5 cm³/mol. The van der Waals surface area contributed by atoms with E-state index in [2.05, 4.69) is 12.2 Å². The molecule has 1 aliphatic rings. The van der Waals surface area contributed by atoms with E-state index in [0.717, 1.165) is 12.8 Å². The van der Waals surface area contributed by atoms with Gasteiger partial charge in [0.25, 0.3) is 0 Å². The van der Waals surface area contributed by atoms with Gasteiger partial charge in [-0.15, -0.1) is 0 Å². The van der Waals surface area contributed by atoms with E-state index in [-0.39, 0.29) is 36.6 Å². The van der Waals surface area contributed by atoms with Crippen LogP contribution in [-0.4, -0.2) is 35.7 Å². The minimum absolute atomic E-state index is 0.0777. The largest absolute Gasteiger partial charge is 0.356 e. The fourth-order valence-electron chi connectivity index (χ4n) is 2.56. The number of unbranched alkanes of at least 4 members (excludes halogenated alkanes) is 4. The van der Waals surface area contributed by atoms with Gasteiger partial charge in [-0.3, -0.25) is 19.3 Å². The van der Waals surface area contributed by atoms with Gasteiger partial charge in [0, 0.05) is 31.8 Å². The molecule has 1 saturated heterocycles. The summed E-state index contributed by atoms with van der Waals surface area (Å²) < 4.78 is 0. The Balaban J connectivity index is 2.15. The Labute approximate surface area is 127 Å². The highest BCUT2D eigenvalue weighted by Gasteiger charge is 2.36. The first kappa shape index (κ1) is 17.7. The number of imide groups is 1. The molecule has 0 bridgehead atoms. The van der Waals surface area contributed by atoms with Crippen molar-refractivity contribution in [2.45, 2.75) is 65.2 Å². The summed E-state index contributed by atoms with van der Waals surface area (Å²) in [7, 11) is 0. The maximum atomic E-state index is 11.9. The van der Waals surface area contributed by atoms with Crippen LogP contribution >= 0.6 is 0 Å². The molecule has 1 N–H and O–H groups in total. The van der Waals surface area contributed by atoms with Crippen molar-refractivity contribution in [3.8, 4) is 0 Å². The lowest BCUT2D eigenvalue weighted by Crippen LogP contribution is -2.35. The van der Waals surface area contributed by atoms with Gasteiger partial charge in [-0.1, -0.05) is 39.5 Å². The van der Waals surface area contributed by atoms with E-state index in [0.29, 0.717) is 19.4 Å². The van der Waals surface area contributed by atoms with Gasteiger partial charge in [-0.2, -0.15) is 0 Å². The van der Waals surface area contributed by atoms with Crippen LogP contribution < -0.4 is 5.32 Å². The lowest BCUT2D eigenvalue weighted by Gasteiger charge is -2.14. The summed E-state index contributed by atoms with van der Waals surface area (Å²) in [6.07, 6.45) is 6.99. The maximum Gasteiger partial charge on any atom is 0.232 e. The van der Waals surface area contributed by atoms with E-state index in [1.807, 2.05) is 6.92 Å². The fraction of sp³-hybridized carbons (Fsp3) is 0.812. The molecule has 0 aromatic carbocycles. The third-order valence-electron chi connectivity index (χ3n) is 4.00. The molecule has 3 amide bonds. The number of carbonyl (C=O) groups is 3. The number of likely N-dealkylation sites (tertiary alicyclic amines) is 1. The first-order chi connectivity index (χ1) is 10.1. The van der Waals surface area contributed by atoms with Crippen LogP contribution in [0.5, 0.6) is 0 Å². The molecule has 1 unspecified atom stereocenters. The number of nitrogens with one attached hydrogen (secondary N) is 1. The Morgan fingerprint density at radius 1 is 1.19 bits per heavy atom. The second-order valence-electron chi connectivity index (χ2n) is 5.71. The molecule has 0 aromatic rings. The Bertz CT molecular complexity index is 369. The zero-order valence-corrected chi connectivity index (χ0v) is 13.3. The lowest BCUT2D eigenvalue weighted by atomic mass is 10.1. The van der Waals surface area contributed by atoms with Crippen molar-refractivity contribution in [2.75, 3.05) is 13.1 Å². The second-order valence-corrected chi connectivity index (χ2v) is 5.71. The van der Waals surface area contributed by atoms with E-state index >= 15 is 0 Å². The Morgan fingerprint density at radius 2 is 1.90 bits per heavy atom. The SMILES string of the molecule is CCCCCCCNC(=O)CCN1C(=O)CC(CC)C1=O. The molecule has 1 fully saturated rings. The molecular weight excluding hydrogens is 268 g/mol. The minimum Gasteiger partial charge on any atom is -0.356 e. The maximum absolute atomic E-state index is 11.9. The third-order valence-corrected chi connectivity index (χ3v) is 4.00. The Morgan fingerprint density at radius 3 is 2.52 bits per heavy atom. The molecule has 0 saturated carbocycles. The normalized spacial score (nSPS) is 18.4. The molecule has 5 nitrogen and oxygen atoms in total. The fourth-order valence-corrected chi connectivity index (χ4v) is 2.56. The zero-order chi connectivity index (χ0) is 15.7. The molecule has 0 aliphatic carbocycles. The molecule has 1 rings (SSSR count). The summed E-state index contributed by atoms with van der Waals surface area (Å²) >= 11 is 0. The van der Waals surface area contributed by atoms with Crippen molar-refractivity contribution in [1.82, 2.24) is 10.2 Å². The van der Waals surface area contributed by atoms with Gasteiger partial charge >= 0.3 is 0 Å².